The van der Waals surface area contributed by atoms with E-state index in [1.165, 1.54) is 51.0 Å². The largest absolute Gasteiger partial charge is 0.495 e. The van der Waals surface area contributed by atoms with Gasteiger partial charge in [0.15, 0.2) is 17.1 Å². The lowest BCUT2D eigenvalue weighted by Crippen LogP contribution is -2.58. The number of anilines is 1. The fourth-order valence-electron chi connectivity index (χ4n) is 6.05. The van der Waals surface area contributed by atoms with E-state index < -0.39 is 82.1 Å². The maximum atomic E-state index is 14.2. The Morgan fingerprint density at radius 3 is 1.90 bits per heavy atom. The van der Waals surface area contributed by atoms with Gasteiger partial charge in [-0.3, -0.25) is 29.0 Å². The van der Waals surface area contributed by atoms with Crippen LogP contribution in [0.15, 0.2) is 46.8 Å². The summed E-state index contributed by atoms with van der Waals surface area (Å²) in [5.74, 6) is -11.0. The molecule has 1 saturated heterocycles. The number of carbonyl (C=O) groups is 7. The third-order valence-electron chi connectivity index (χ3n) is 8.24. The van der Waals surface area contributed by atoms with Crippen molar-refractivity contribution in [2.45, 2.75) is 51.4 Å². The minimum atomic E-state index is -2.64. The van der Waals surface area contributed by atoms with E-state index in [1.54, 1.807) is 0 Å². The Morgan fingerprint density at radius 2 is 1.40 bits per heavy atom. The fraction of sp³-hybridized carbons (Fsp3) is 0.406. The van der Waals surface area contributed by atoms with Gasteiger partial charge in [-0.05, 0) is 19.9 Å². The van der Waals surface area contributed by atoms with Crippen LogP contribution in [-0.4, -0.2) is 92.6 Å². The zero-order chi connectivity index (χ0) is 35.3. The second-order valence-electron chi connectivity index (χ2n) is 11.3. The topological polar surface area (TPSA) is 191 Å². The number of fused-ring (bicyclic) bond motifs is 3. The molecule has 0 bridgehead atoms. The van der Waals surface area contributed by atoms with E-state index in [4.69, 9.17) is 33.2 Å². The van der Waals surface area contributed by atoms with Gasteiger partial charge in [-0.25, -0.2) is 14.4 Å². The average molecular weight is 669 g/mol. The number of methoxy groups -OCH3 is 4. The lowest BCUT2D eigenvalue weighted by Gasteiger charge is -2.49. The molecule has 16 heteroatoms. The van der Waals surface area contributed by atoms with E-state index in [9.17, 15) is 33.6 Å². The van der Waals surface area contributed by atoms with Crippen molar-refractivity contribution >= 4 is 52.7 Å². The molecule has 0 saturated carbocycles. The number of benzene rings is 1. The first-order valence-electron chi connectivity index (χ1n) is 14.7. The first-order valence-corrected chi connectivity index (χ1v) is 14.7. The predicted octanol–water partition coefficient (Wildman–Crippen LogP) is 1.42. The first-order chi connectivity index (χ1) is 22.7. The standard InChI is InChI=1S/C32H32N2O14/c1-8-16(35)24-22(28(39)43-5)32(47-25(29(40)44-6)26(48-32)30(41)45-7)21-15-10-9-11-17(42-4)23(15)34(31(2,3)27(21)46-24)20(38)14-33-18(36)12-13-19(33)37/h9-11H,8,12-14H2,1-7H3. The quantitative estimate of drug-likeness (QED) is 0.220. The molecule has 0 aliphatic carbocycles. The molecule has 4 aliphatic heterocycles. The van der Waals surface area contributed by atoms with Crippen LogP contribution in [0.4, 0.5) is 5.69 Å². The number of ether oxygens (including phenoxy) is 7. The summed E-state index contributed by atoms with van der Waals surface area (Å²) < 4.78 is 38.9. The normalized spacial score (nSPS) is 18.9. The molecule has 1 fully saturated rings. The number of hydrogen-bond acceptors (Lipinski definition) is 14. The SMILES string of the molecule is CCC(=O)C1=C(C(=O)OC)C2(OC(C(=O)OC)=C(C(=O)OC)O2)C2=C(O1)C(C)(C)N(C(=O)CN1C(=O)CCC1=O)c1c(OC)cccc12. The summed E-state index contributed by atoms with van der Waals surface area (Å²) >= 11 is 0. The van der Waals surface area contributed by atoms with Gasteiger partial charge in [0.2, 0.25) is 17.7 Å². The summed E-state index contributed by atoms with van der Waals surface area (Å²) in [4.78, 5) is 94.5. The second-order valence-corrected chi connectivity index (χ2v) is 11.3. The molecule has 0 radical (unpaired) electrons. The number of nitrogens with zero attached hydrogens (tertiary/aromatic N) is 2. The van der Waals surface area contributed by atoms with Crippen LogP contribution < -0.4 is 9.64 Å². The van der Waals surface area contributed by atoms with Crippen LogP contribution in [0.1, 0.15) is 45.6 Å². The number of likely N-dealkylation sites (tertiary alicyclic amines) is 1. The Morgan fingerprint density at radius 1 is 0.833 bits per heavy atom. The average Bonchev–Trinajstić information content (AvgIpc) is 3.62. The smallest absolute Gasteiger partial charge is 0.377 e. The highest BCUT2D eigenvalue weighted by Gasteiger charge is 2.65. The second kappa shape index (κ2) is 12.2. The molecule has 1 spiro atoms. The summed E-state index contributed by atoms with van der Waals surface area (Å²) in [6, 6.07) is 4.55. The van der Waals surface area contributed by atoms with Crippen LogP contribution in [0, 0.1) is 0 Å². The molecule has 4 heterocycles. The van der Waals surface area contributed by atoms with Crippen molar-refractivity contribution in [1.82, 2.24) is 4.90 Å². The molecule has 1 aromatic rings. The molecule has 0 aromatic heterocycles. The van der Waals surface area contributed by atoms with Crippen LogP contribution in [0.3, 0.4) is 0 Å². The third-order valence-corrected chi connectivity index (χ3v) is 8.24. The number of para-hydroxylation sites is 1. The van der Waals surface area contributed by atoms with Crippen LogP contribution in [0.5, 0.6) is 5.75 Å². The van der Waals surface area contributed by atoms with E-state index in [-0.39, 0.29) is 47.6 Å². The molecular formula is C32H32N2O14. The van der Waals surface area contributed by atoms with Crippen molar-refractivity contribution < 1.29 is 66.7 Å². The molecular weight excluding hydrogens is 636 g/mol. The highest BCUT2D eigenvalue weighted by atomic mass is 16.8. The number of esters is 3. The van der Waals surface area contributed by atoms with Gasteiger partial charge >= 0.3 is 23.7 Å². The Hall–Kier alpha value is -5.67. The van der Waals surface area contributed by atoms with Crippen molar-refractivity contribution in [3.8, 4) is 5.75 Å². The first kappa shape index (κ1) is 33.7. The molecule has 254 valence electrons. The number of hydrogen-bond donors (Lipinski definition) is 0. The van der Waals surface area contributed by atoms with Crippen molar-refractivity contribution in [2.24, 2.45) is 0 Å². The Balaban J connectivity index is 1.86. The Bertz CT molecular complexity index is 1740. The summed E-state index contributed by atoms with van der Waals surface area (Å²) in [6.45, 7) is 3.91. The molecule has 0 atom stereocenters. The number of carbonyl (C=O) groups excluding carboxylic acids is 7. The molecule has 0 unspecified atom stereocenters. The maximum Gasteiger partial charge on any atom is 0.377 e. The third kappa shape index (κ3) is 4.86. The zero-order valence-electron chi connectivity index (χ0n) is 27.2. The highest BCUT2D eigenvalue weighted by Crippen LogP contribution is 2.59. The molecule has 5 rings (SSSR count). The lowest BCUT2D eigenvalue weighted by atomic mass is 9.77. The summed E-state index contributed by atoms with van der Waals surface area (Å²) in [6.07, 6.45) is -0.304. The summed E-state index contributed by atoms with van der Waals surface area (Å²) in [5, 5.41) is 0. The van der Waals surface area contributed by atoms with E-state index in [0.717, 1.165) is 26.2 Å². The van der Waals surface area contributed by atoms with E-state index >= 15 is 0 Å². The van der Waals surface area contributed by atoms with Crippen LogP contribution >= 0.6 is 0 Å². The van der Waals surface area contributed by atoms with Crippen molar-refractivity contribution in [3.05, 3.63) is 52.4 Å². The molecule has 16 nitrogen and oxygen atoms in total. The van der Waals surface area contributed by atoms with Crippen LogP contribution in [0.2, 0.25) is 0 Å². The minimum absolute atomic E-state index is 0.0489. The van der Waals surface area contributed by atoms with Gasteiger partial charge < -0.3 is 33.2 Å². The van der Waals surface area contributed by atoms with E-state index in [1.807, 2.05) is 0 Å². The molecule has 4 aliphatic rings. The molecule has 0 N–H and O–H groups in total. The molecule has 3 amide bonds. The van der Waals surface area contributed by atoms with Gasteiger partial charge in [0.05, 0.1) is 39.7 Å². The molecule has 1 aromatic carbocycles. The van der Waals surface area contributed by atoms with Gasteiger partial charge in [-0.15, -0.1) is 0 Å². The van der Waals surface area contributed by atoms with Gasteiger partial charge in [0, 0.05) is 24.8 Å². The van der Waals surface area contributed by atoms with Gasteiger partial charge in [0.25, 0.3) is 11.5 Å². The van der Waals surface area contributed by atoms with Crippen molar-refractivity contribution in [2.75, 3.05) is 39.9 Å². The van der Waals surface area contributed by atoms with Gasteiger partial charge in [-0.1, -0.05) is 19.1 Å². The number of rotatable bonds is 8. The zero-order valence-corrected chi connectivity index (χ0v) is 27.2. The van der Waals surface area contributed by atoms with E-state index in [2.05, 4.69) is 0 Å². The Kier molecular flexibility index (Phi) is 8.54. The fourth-order valence-corrected chi connectivity index (χ4v) is 6.05. The lowest BCUT2D eigenvalue weighted by molar-refractivity contribution is -0.156. The van der Waals surface area contributed by atoms with E-state index in [0.29, 0.717) is 0 Å². The number of Topliss-reactive ketones (excluding diaryl/α,β-unsaturated/α-hetero) is 1. The van der Waals surface area contributed by atoms with Crippen LogP contribution in [-0.2, 0) is 62.0 Å². The van der Waals surface area contributed by atoms with Crippen molar-refractivity contribution in [3.63, 3.8) is 0 Å². The predicted molar refractivity (Wildman–Crippen MR) is 159 cm³/mol. The maximum absolute atomic E-state index is 14.2. The Labute approximate surface area is 273 Å². The minimum Gasteiger partial charge on any atom is -0.495 e. The number of allylic oxidation sites excluding steroid dienone is 1. The highest BCUT2D eigenvalue weighted by molar-refractivity contribution is 6.13. The van der Waals surface area contributed by atoms with Gasteiger partial charge in [-0.2, -0.15) is 0 Å². The monoisotopic (exact) mass is 668 g/mol. The molecule has 48 heavy (non-hydrogen) atoms. The van der Waals surface area contributed by atoms with Gasteiger partial charge in [0.1, 0.15) is 23.6 Å². The van der Waals surface area contributed by atoms with Crippen LogP contribution in [0.25, 0.3) is 5.57 Å². The number of amides is 3. The van der Waals surface area contributed by atoms with Crippen molar-refractivity contribution in [1.29, 1.82) is 0 Å². The number of imide groups is 1. The number of ketones is 1. The summed E-state index contributed by atoms with van der Waals surface area (Å²) in [7, 11) is 4.39. The summed E-state index contributed by atoms with van der Waals surface area (Å²) in [5.41, 5.74) is -2.32.